The fraction of sp³-hybridized carbons (Fsp3) is 0.0385. The van der Waals surface area contributed by atoms with E-state index in [1.807, 2.05) is 12.1 Å². The Hall–Kier alpha value is -7.30. The molecule has 1 aliphatic rings. The Bertz CT molecular complexity index is 3020. The number of anilines is 5. The van der Waals surface area contributed by atoms with E-state index >= 15 is 0 Å². The largest absolute Gasteiger partial charge is 0.460 e. The quantitative estimate of drug-likeness (QED) is 0.164. The van der Waals surface area contributed by atoms with Crippen molar-refractivity contribution in [1.29, 1.82) is 0 Å². The number of furan rings is 2. The van der Waals surface area contributed by atoms with Crippen LogP contribution in [0.25, 0.3) is 60.9 Å². The highest BCUT2D eigenvalue weighted by Gasteiger charge is 2.28. The van der Waals surface area contributed by atoms with E-state index in [1.54, 1.807) is 0 Å². The van der Waals surface area contributed by atoms with E-state index < -0.39 is 0 Å². The average molecular weight is 721 g/mol. The summed E-state index contributed by atoms with van der Waals surface area (Å²) in [6.07, 6.45) is 5.31. The normalized spacial score (nSPS) is 13.8. The fourth-order valence-electron chi connectivity index (χ4n) is 8.58. The molecule has 0 spiro atoms. The average Bonchev–Trinajstić information content (AvgIpc) is 3.83. The minimum atomic E-state index is 0.000358. The van der Waals surface area contributed by atoms with Crippen LogP contribution in [0.2, 0.25) is 0 Å². The summed E-state index contributed by atoms with van der Waals surface area (Å²) in [6, 6.07) is 66.4. The van der Waals surface area contributed by atoms with Crippen molar-refractivity contribution in [3.63, 3.8) is 0 Å². The molecule has 56 heavy (non-hydrogen) atoms. The zero-order valence-corrected chi connectivity index (χ0v) is 30.5. The Morgan fingerprint density at radius 1 is 0.464 bits per heavy atom. The van der Waals surface area contributed by atoms with E-state index in [-0.39, 0.29) is 6.04 Å². The van der Waals surface area contributed by atoms with Crippen LogP contribution in [-0.2, 0) is 6.42 Å². The van der Waals surface area contributed by atoms with E-state index in [9.17, 15) is 0 Å². The van der Waals surface area contributed by atoms with Crippen LogP contribution >= 0.6 is 0 Å². The maximum Gasteiger partial charge on any atom is 0.142 e. The number of hydrogen-bond donors (Lipinski definition) is 0. The predicted octanol–water partition coefficient (Wildman–Crippen LogP) is 14.4. The SMILES string of the molecule is C1=CC(N(c2ccc3c(c2)oc2ccccc23)c2cccc3ccccc23)Cc2oc3c(-c4ccc(N(c5ccccc5)c5ccccc5)cc4)cccc3c21. The summed E-state index contributed by atoms with van der Waals surface area (Å²) in [5.41, 5.74) is 11.6. The van der Waals surface area contributed by atoms with Gasteiger partial charge in [0.2, 0.25) is 0 Å². The minimum absolute atomic E-state index is 0.000358. The Morgan fingerprint density at radius 3 is 1.89 bits per heavy atom. The first-order chi connectivity index (χ1) is 27.8. The molecule has 1 atom stereocenters. The number of benzene rings is 8. The van der Waals surface area contributed by atoms with Crippen LogP contribution in [-0.4, -0.2) is 6.04 Å². The van der Waals surface area contributed by atoms with Crippen molar-refractivity contribution in [3.05, 3.63) is 205 Å². The number of fused-ring (bicyclic) bond motifs is 7. The number of hydrogen-bond acceptors (Lipinski definition) is 4. The fourth-order valence-corrected chi connectivity index (χ4v) is 8.58. The molecule has 4 nitrogen and oxygen atoms in total. The topological polar surface area (TPSA) is 32.8 Å². The van der Waals surface area contributed by atoms with Gasteiger partial charge in [-0.05, 0) is 71.6 Å². The second kappa shape index (κ2) is 13.2. The Kier molecular flexibility index (Phi) is 7.59. The molecule has 0 aliphatic heterocycles. The molecule has 0 N–H and O–H groups in total. The van der Waals surface area contributed by atoms with E-state index in [0.717, 1.165) is 83.8 Å². The van der Waals surface area contributed by atoms with Crippen LogP contribution in [0.3, 0.4) is 0 Å². The van der Waals surface area contributed by atoms with Gasteiger partial charge in [-0.1, -0.05) is 133 Å². The molecule has 11 rings (SSSR count). The molecule has 4 heteroatoms. The lowest BCUT2D eigenvalue weighted by atomic mass is 9.95. The summed E-state index contributed by atoms with van der Waals surface area (Å²) < 4.78 is 13.3. The molecule has 0 fully saturated rings. The van der Waals surface area contributed by atoms with Crippen LogP contribution in [0, 0.1) is 0 Å². The van der Waals surface area contributed by atoms with Gasteiger partial charge in [-0.2, -0.15) is 0 Å². The molecule has 2 aromatic heterocycles. The minimum Gasteiger partial charge on any atom is -0.460 e. The first kappa shape index (κ1) is 32.2. The number of rotatable bonds is 7. The lowest BCUT2D eigenvalue weighted by molar-refractivity contribution is 0.530. The van der Waals surface area contributed by atoms with Gasteiger partial charge in [-0.15, -0.1) is 0 Å². The Labute approximate surface area is 324 Å². The Balaban J connectivity index is 0.980. The molecule has 266 valence electrons. The van der Waals surface area contributed by atoms with Crippen molar-refractivity contribution in [1.82, 2.24) is 0 Å². The van der Waals surface area contributed by atoms with Gasteiger partial charge in [-0.25, -0.2) is 0 Å². The summed E-state index contributed by atoms with van der Waals surface area (Å²) in [7, 11) is 0. The molecule has 0 radical (unpaired) electrons. The third-order valence-electron chi connectivity index (χ3n) is 11.2. The monoisotopic (exact) mass is 720 g/mol. The van der Waals surface area contributed by atoms with Gasteiger partial charge in [0.25, 0.3) is 0 Å². The molecule has 0 bridgehead atoms. The van der Waals surface area contributed by atoms with Gasteiger partial charge in [0.05, 0.1) is 6.04 Å². The highest BCUT2D eigenvalue weighted by Crippen LogP contribution is 2.43. The van der Waals surface area contributed by atoms with E-state index in [4.69, 9.17) is 8.83 Å². The number of nitrogens with zero attached hydrogens (tertiary/aromatic N) is 2. The standard InChI is InChI=1S/C52H36N2O2/c1-3-15-37(16-4-1)53(38-17-5-2-6-18-38)39-27-25-36(26-28-39)43-21-12-22-47-46-32-30-41(34-51(46)56-52(43)47)54(48-23-11-14-35-13-7-8-19-42(35)48)40-29-31-45-44-20-9-10-24-49(44)55-50(45)33-40/h1-33,41H,34H2. The van der Waals surface area contributed by atoms with E-state index in [2.05, 4.69) is 198 Å². The summed E-state index contributed by atoms with van der Waals surface area (Å²) >= 11 is 0. The lowest BCUT2D eigenvalue weighted by Gasteiger charge is -2.34. The Morgan fingerprint density at radius 2 is 1.09 bits per heavy atom. The lowest BCUT2D eigenvalue weighted by Crippen LogP contribution is -2.32. The summed E-state index contributed by atoms with van der Waals surface area (Å²) in [4.78, 5) is 4.74. The molecule has 0 saturated heterocycles. The molecule has 0 amide bonds. The summed E-state index contributed by atoms with van der Waals surface area (Å²) in [6.45, 7) is 0. The van der Waals surface area contributed by atoms with Crippen molar-refractivity contribution in [2.45, 2.75) is 12.5 Å². The number of para-hydroxylation sites is 4. The third kappa shape index (κ3) is 5.38. The maximum absolute atomic E-state index is 6.94. The zero-order valence-electron chi connectivity index (χ0n) is 30.5. The summed E-state index contributed by atoms with van der Waals surface area (Å²) in [5, 5.41) is 5.79. The molecule has 10 aromatic rings. The van der Waals surface area contributed by atoms with E-state index in [1.165, 1.54) is 10.8 Å². The molecule has 0 saturated carbocycles. The molecular formula is C52H36N2O2. The molecule has 2 heterocycles. The van der Waals surface area contributed by atoms with Gasteiger partial charge in [-0.3, -0.25) is 0 Å². The van der Waals surface area contributed by atoms with Gasteiger partial charge in [0, 0.05) is 73.6 Å². The zero-order chi connectivity index (χ0) is 37.0. The highest BCUT2D eigenvalue weighted by atomic mass is 16.3. The van der Waals surface area contributed by atoms with Crippen LogP contribution in [0.15, 0.2) is 203 Å². The van der Waals surface area contributed by atoms with Crippen LogP contribution < -0.4 is 9.80 Å². The van der Waals surface area contributed by atoms with Gasteiger partial charge in [0.1, 0.15) is 22.5 Å². The van der Waals surface area contributed by atoms with Gasteiger partial charge < -0.3 is 18.6 Å². The maximum atomic E-state index is 6.94. The van der Waals surface area contributed by atoms with Crippen LogP contribution in [0.1, 0.15) is 11.3 Å². The first-order valence-corrected chi connectivity index (χ1v) is 19.2. The molecular weight excluding hydrogens is 685 g/mol. The van der Waals surface area contributed by atoms with Crippen LogP contribution in [0.4, 0.5) is 28.4 Å². The first-order valence-electron chi connectivity index (χ1n) is 19.2. The molecule has 1 unspecified atom stereocenters. The van der Waals surface area contributed by atoms with Crippen molar-refractivity contribution in [2.24, 2.45) is 0 Å². The van der Waals surface area contributed by atoms with Crippen molar-refractivity contribution in [3.8, 4) is 11.1 Å². The molecule has 1 aliphatic carbocycles. The van der Waals surface area contributed by atoms with Gasteiger partial charge in [0.15, 0.2) is 0 Å². The van der Waals surface area contributed by atoms with Crippen molar-refractivity contribution in [2.75, 3.05) is 9.80 Å². The second-order valence-electron chi connectivity index (χ2n) is 14.5. The van der Waals surface area contributed by atoms with E-state index in [0.29, 0.717) is 6.42 Å². The van der Waals surface area contributed by atoms with Crippen molar-refractivity contribution < 1.29 is 8.83 Å². The third-order valence-corrected chi connectivity index (χ3v) is 11.2. The summed E-state index contributed by atoms with van der Waals surface area (Å²) in [5.74, 6) is 0.992. The van der Waals surface area contributed by atoms with Crippen LogP contribution in [0.5, 0.6) is 0 Å². The smallest absolute Gasteiger partial charge is 0.142 e. The van der Waals surface area contributed by atoms with Gasteiger partial charge >= 0.3 is 0 Å². The van der Waals surface area contributed by atoms with Crippen molar-refractivity contribution >= 4 is 78.2 Å². The molecule has 8 aromatic carbocycles. The predicted molar refractivity (Wildman–Crippen MR) is 233 cm³/mol. The highest BCUT2D eigenvalue weighted by molar-refractivity contribution is 6.06. The second-order valence-corrected chi connectivity index (χ2v) is 14.5.